The van der Waals surface area contributed by atoms with E-state index in [2.05, 4.69) is 13.8 Å². The normalized spacial score (nSPS) is 27.5. The van der Waals surface area contributed by atoms with Crippen LogP contribution in [0.2, 0.25) is 0 Å². The van der Waals surface area contributed by atoms with Crippen LogP contribution in [0.4, 0.5) is 0 Å². The van der Waals surface area contributed by atoms with Crippen molar-refractivity contribution in [2.24, 2.45) is 17.8 Å². The van der Waals surface area contributed by atoms with Crippen LogP contribution in [0.15, 0.2) is 24.3 Å². The lowest BCUT2D eigenvalue weighted by molar-refractivity contribution is -0.333. The lowest BCUT2D eigenvalue weighted by atomic mass is 9.83. The molecule has 146 valence electrons. The minimum atomic E-state index is -0.705. The number of benzene rings is 1. The number of carbonyl (C=O) groups is 1. The van der Waals surface area contributed by atoms with Crippen molar-refractivity contribution in [3.63, 3.8) is 0 Å². The summed E-state index contributed by atoms with van der Waals surface area (Å²) < 4.78 is 23.3. The molecule has 0 aliphatic carbocycles. The van der Waals surface area contributed by atoms with Crippen LogP contribution < -0.4 is 4.74 Å². The highest BCUT2D eigenvalue weighted by molar-refractivity contribution is 5.54. The van der Waals surface area contributed by atoms with Gasteiger partial charge in [0.05, 0.1) is 32.5 Å². The van der Waals surface area contributed by atoms with Gasteiger partial charge in [0.2, 0.25) is 0 Å². The van der Waals surface area contributed by atoms with Crippen molar-refractivity contribution in [1.29, 1.82) is 0 Å². The molecule has 2 rings (SSSR count). The molecule has 1 heterocycles. The van der Waals surface area contributed by atoms with Gasteiger partial charge in [-0.25, -0.2) is 0 Å². The lowest BCUT2D eigenvalue weighted by Crippen LogP contribution is -2.54. The second kappa shape index (κ2) is 8.98. The summed E-state index contributed by atoms with van der Waals surface area (Å²) >= 11 is 0. The Morgan fingerprint density at radius 3 is 2.35 bits per heavy atom. The fourth-order valence-electron chi connectivity index (χ4n) is 3.56. The molecule has 0 saturated carbocycles. The maximum absolute atomic E-state index is 11.3. The Labute approximate surface area is 157 Å². The molecule has 1 aromatic carbocycles. The van der Waals surface area contributed by atoms with Gasteiger partial charge in [-0.3, -0.25) is 0 Å². The van der Waals surface area contributed by atoms with E-state index < -0.39 is 5.79 Å². The second-order valence-corrected chi connectivity index (χ2v) is 7.76. The third-order valence-electron chi connectivity index (χ3n) is 4.98. The van der Waals surface area contributed by atoms with Crippen molar-refractivity contribution < 1.29 is 23.7 Å². The van der Waals surface area contributed by atoms with Crippen LogP contribution in [0.5, 0.6) is 5.75 Å². The highest BCUT2D eigenvalue weighted by atomic mass is 16.7. The van der Waals surface area contributed by atoms with Gasteiger partial charge in [-0.2, -0.15) is 0 Å². The van der Waals surface area contributed by atoms with Crippen LogP contribution in [0.25, 0.3) is 0 Å². The number of rotatable bonds is 8. The van der Waals surface area contributed by atoms with Gasteiger partial charge >= 0.3 is 0 Å². The Balaban J connectivity index is 1.93. The summed E-state index contributed by atoms with van der Waals surface area (Å²) in [7, 11) is 1.66. The van der Waals surface area contributed by atoms with Crippen molar-refractivity contribution >= 4 is 6.29 Å². The standard InChI is InChI=1S/C21H32O5/c1-14(11-22)19-16(3)20(26-21(4,5)25-19)15(2)12-24-13-17-7-9-18(23-6)10-8-17/h7-11,14-16,19-20H,12-13H2,1-6H3/t14-,15+,16+,19+,20+/m1/s1. The molecular formula is C21H32O5. The first kappa shape index (κ1) is 20.9. The van der Waals surface area contributed by atoms with Gasteiger partial charge in [0, 0.05) is 17.8 Å². The fraction of sp³-hybridized carbons (Fsp3) is 0.667. The van der Waals surface area contributed by atoms with Crippen molar-refractivity contribution in [1.82, 2.24) is 0 Å². The molecule has 0 N–H and O–H groups in total. The lowest BCUT2D eigenvalue weighted by Gasteiger charge is -2.48. The molecule has 5 atom stereocenters. The van der Waals surface area contributed by atoms with Gasteiger partial charge in [0.1, 0.15) is 12.0 Å². The smallest absolute Gasteiger partial charge is 0.163 e. The van der Waals surface area contributed by atoms with Crippen LogP contribution in [0.3, 0.4) is 0 Å². The van der Waals surface area contributed by atoms with Gasteiger partial charge in [0.25, 0.3) is 0 Å². The average Bonchev–Trinajstić information content (AvgIpc) is 2.63. The molecule has 0 aromatic heterocycles. The van der Waals surface area contributed by atoms with Gasteiger partial charge in [-0.05, 0) is 31.5 Å². The highest BCUT2D eigenvalue weighted by Crippen LogP contribution is 2.37. The minimum Gasteiger partial charge on any atom is -0.497 e. The van der Waals surface area contributed by atoms with Crippen molar-refractivity contribution in [3.05, 3.63) is 29.8 Å². The summed E-state index contributed by atoms with van der Waals surface area (Å²) in [5, 5.41) is 0. The minimum absolute atomic E-state index is 0.0259. The zero-order valence-electron chi connectivity index (χ0n) is 16.7. The molecular weight excluding hydrogens is 332 g/mol. The SMILES string of the molecule is COc1ccc(COC[C@H](C)[C@@H]2OC(C)(C)O[C@@H]([C@H](C)C=O)[C@@H]2C)cc1. The van der Waals surface area contributed by atoms with Crippen molar-refractivity contribution in [2.75, 3.05) is 13.7 Å². The third-order valence-corrected chi connectivity index (χ3v) is 4.98. The molecule has 1 saturated heterocycles. The summed E-state index contributed by atoms with van der Waals surface area (Å²) in [4.78, 5) is 11.3. The maximum atomic E-state index is 11.3. The average molecular weight is 364 g/mol. The zero-order valence-corrected chi connectivity index (χ0v) is 16.7. The molecule has 0 spiro atoms. The number of ether oxygens (including phenoxy) is 4. The van der Waals surface area contributed by atoms with E-state index in [-0.39, 0.29) is 30.0 Å². The maximum Gasteiger partial charge on any atom is 0.163 e. The van der Waals surface area contributed by atoms with Gasteiger partial charge < -0.3 is 23.7 Å². The van der Waals surface area contributed by atoms with E-state index in [0.29, 0.717) is 13.2 Å². The topological polar surface area (TPSA) is 54.0 Å². The second-order valence-electron chi connectivity index (χ2n) is 7.76. The highest BCUT2D eigenvalue weighted by Gasteiger charge is 2.44. The van der Waals surface area contributed by atoms with Crippen molar-refractivity contribution in [2.45, 2.75) is 59.2 Å². The van der Waals surface area contributed by atoms with Crippen LogP contribution in [-0.2, 0) is 25.6 Å². The van der Waals surface area contributed by atoms with E-state index in [4.69, 9.17) is 18.9 Å². The van der Waals surface area contributed by atoms with E-state index in [9.17, 15) is 4.79 Å². The Bertz CT molecular complexity index is 568. The van der Waals surface area contributed by atoms with Crippen LogP contribution in [0, 0.1) is 17.8 Å². The molecule has 0 bridgehead atoms. The zero-order chi connectivity index (χ0) is 19.3. The molecule has 5 nitrogen and oxygen atoms in total. The Morgan fingerprint density at radius 1 is 1.15 bits per heavy atom. The van der Waals surface area contributed by atoms with E-state index in [1.54, 1.807) is 7.11 Å². The number of hydrogen-bond acceptors (Lipinski definition) is 5. The first-order valence-electron chi connectivity index (χ1n) is 9.29. The van der Waals surface area contributed by atoms with Gasteiger partial charge in [-0.15, -0.1) is 0 Å². The van der Waals surface area contributed by atoms with Gasteiger partial charge in [0.15, 0.2) is 5.79 Å². The van der Waals surface area contributed by atoms with E-state index in [0.717, 1.165) is 17.6 Å². The summed E-state index contributed by atoms with van der Waals surface area (Å²) in [5.74, 6) is 0.270. The molecule has 1 aliphatic rings. The summed E-state index contributed by atoms with van der Waals surface area (Å²) in [6.07, 6.45) is 0.789. The van der Waals surface area contributed by atoms with Crippen LogP contribution in [0.1, 0.15) is 40.2 Å². The molecule has 0 unspecified atom stereocenters. The Kier molecular flexibility index (Phi) is 7.21. The number of carbonyl (C=O) groups excluding carboxylic acids is 1. The first-order chi connectivity index (χ1) is 12.3. The summed E-state index contributed by atoms with van der Waals surface area (Å²) in [5.41, 5.74) is 1.10. The first-order valence-corrected chi connectivity index (χ1v) is 9.29. The molecule has 1 aliphatic heterocycles. The third kappa shape index (κ3) is 5.29. The van der Waals surface area contributed by atoms with Crippen LogP contribution in [-0.4, -0.2) is 38.0 Å². The van der Waals surface area contributed by atoms with Crippen molar-refractivity contribution in [3.8, 4) is 5.75 Å². The Hall–Kier alpha value is -1.43. The van der Waals surface area contributed by atoms with Gasteiger partial charge in [-0.1, -0.05) is 32.9 Å². The van der Waals surface area contributed by atoms with Crippen LogP contribution >= 0.6 is 0 Å². The predicted molar refractivity (Wildman–Crippen MR) is 100 cm³/mol. The largest absolute Gasteiger partial charge is 0.497 e. The Morgan fingerprint density at radius 2 is 1.77 bits per heavy atom. The van der Waals surface area contributed by atoms with E-state index in [1.807, 2.05) is 45.0 Å². The monoisotopic (exact) mass is 364 g/mol. The molecule has 5 heteroatoms. The molecule has 0 radical (unpaired) electrons. The van der Waals surface area contributed by atoms with E-state index in [1.165, 1.54) is 0 Å². The number of aldehydes is 1. The fourth-order valence-corrected chi connectivity index (χ4v) is 3.56. The predicted octanol–water partition coefficient (Wildman–Crippen LogP) is 3.84. The van der Waals surface area contributed by atoms with E-state index >= 15 is 0 Å². The summed E-state index contributed by atoms with van der Waals surface area (Å²) in [6, 6.07) is 7.86. The molecule has 0 amide bonds. The molecule has 1 aromatic rings. The summed E-state index contributed by atoms with van der Waals surface area (Å²) in [6.45, 7) is 11.0. The number of methoxy groups -OCH3 is 1. The quantitative estimate of drug-likeness (QED) is 0.656. The molecule has 1 fully saturated rings. The molecule has 26 heavy (non-hydrogen) atoms. The number of hydrogen-bond donors (Lipinski definition) is 0.